The third-order valence-corrected chi connectivity index (χ3v) is 5.43. The lowest BCUT2D eigenvalue weighted by Crippen LogP contribution is -2.30. The van der Waals surface area contributed by atoms with Crippen molar-refractivity contribution in [1.29, 1.82) is 10.7 Å². The van der Waals surface area contributed by atoms with E-state index in [0.717, 1.165) is 11.8 Å². The maximum absolute atomic E-state index is 14.4. The lowest BCUT2D eigenvalue weighted by Gasteiger charge is -2.29. The standard InChI is InChI=1S/C19H11FN2O2S/c20-13-7-3-1-5-10(13)15-12(9-21)18(22)25-17-11-6-2-4-8-14(11)24-19(23)16(15)17/h1-8,12,15,22H/t12-,15+/m0/s1. The van der Waals surface area contributed by atoms with E-state index in [4.69, 9.17) is 9.83 Å². The summed E-state index contributed by atoms with van der Waals surface area (Å²) in [7, 11) is 0. The van der Waals surface area contributed by atoms with E-state index in [1.54, 1.807) is 42.5 Å². The van der Waals surface area contributed by atoms with Gasteiger partial charge in [0.15, 0.2) is 0 Å². The highest BCUT2D eigenvalue weighted by atomic mass is 32.2. The fourth-order valence-corrected chi connectivity index (χ4v) is 4.34. The van der Waals surface area contributed by atoms with Crippen LogP contribution in [0.25, 0.3) is 11.0 Å². The minimum Gasteiger partial charge on any atom is -0.422 e. The third kappa shape index (κ3) is 2.36. The molecule has 4 nitrogen and oxygen atoms in total. The van der Waals surface area contributed by atoms with Gasteiger partial charge in [0.2, 0.25) is 0 Å². The molecule has 4 rings (SSSR count). The first kappa shape index (κ1) is 15.6. The molecule has 2 atom stereocenters. The van der Waals surface area contributed by atoms with Gasteiger partial charge in [-0.2, -0.15) is 5.26 Å². The van der Waals surface area contributed by atoms with Crippen molar-refractivity contribution in [3.05, 3.63) is 75.9 Å². The van der Waals surface area contributed by atoms with Crippen molar-refractivity contribution < 1.29 is 8.81 Å². The molecule has 3 aromatic rings. The van der Waals surface area contributed by atoms with Crippen molar-refractivity contribution >= 4 is 27.8 Å². The number of nitrogens with zero attached hydrogens (tertiary/aromatic N) is 1. The molecule has 2 heterocycles. The highest BCUT2D eigenvalue weighted by Crippen LogP contribution is 2.46. The predicted molar refractivity (Wildman–Crippen MR) is 93.4 cm³/mol. The zero-order valence-electron chi connectivity index (χ0n) is 12.8. The molecule has 1 aromatic heterocycles. The molecule has 0 aliphatic carbocycles. The third-order valence-electron chi connectivity index (χ3n) is 4.32. The summed E-state index contributed by atoms with van der Waals surface area (Å²) in [6.07, 6.45) is 0. The number of halogens is 1. The monoisotopic (exact) mass is 350 g/mol. The van der Waals surface area contributed by atoms with Crippen LogP contribution < -0.4 is 5.63 Å². The number of para-hydroxylation sites is 1. The van der Waals surface area contributed by atoms with Crippen LogP contribution in [-0.2, 0) is 0 Å². The van der Waals surface area contributed by atoms with E-state index in [0.29, 0.717) is 15.9 Å². The topological polar surface area (TPSA) is 77.9 Å². The maximum atomic E-state index is 14.4. The molecule has 0 unspecified atom stereocenters. The van der Waals surface area contributed by atoms with Crippen LogP contribution in [0.15, 0.2) is 62.6 Å². The summed E-state index contributed by atoms with van der Waals surface area (Å²) in [6, 6.07) is 15.1. The Kier molecular flexibility index (Phi) is 3.66. The number of rotatable bonds is 1. The average molecular weight is 350 g/mol. The fraction of sp³-hybridized carbons (Fsp3) is 0.105. The lowest BCUT2D eigenvalue weighted by atomic mass is 9.81. The summed E-state index contributed by atoms with van der Waals surface area (Å²) < 4.78 is 19.8. The quantitative estimate of drug-likeness (QED) is 0.664. The van der Waals surface area contributed by atoms with Crippen LogP contribution in [0.3, 0.4) is 0 Å². The summed E-state index contributed by atoms with van der Waals surface area (Å²) in [5.74, 6) is -2.31. The first-order chi connectivity index (χ1) is 12.1. The fourth-order valence-electron chi connectivity index (χ4n) is 3.20. The van der Waals surface area contributed by atoms with Gasteiger partial charge >= 0.3 is 5.63 Å². The molecule has 0 spiro atoms. The molecule has 0 radical (unpaired) electrons. The van der Waals surface area contributed by atoms with Gasteiger partial charge < -0.3 is 4.42 Å². The van der Waals surface area contributed by atoms with Crippen molar-refractivity contribution in [3.8, 4) is 6.07 Å². The van der Waals surface area contributed by atoms with E-state index in [9.17, 15) is 14.4 Å². The van der Waals surface area contributed by atoms with Crippen molar-refractivity contribution in [3.63, 3.8) is 0 Å². The molecule has 25 heavy (non-hydrogen) atoms. The number of hydrogen-bond donors (Lipinski definition) is 1. The first-order valence-corrected chi connectivity index (χ1v) is 8.39. The number of benzene rings is 2. The Bertz CT molecular complexity index is 1120. The Hall–Kier alpha value is -2.91. The normalized spacial score (nSPS) is 19.4. The molecule has 0 saturated carbocycles. The summed E-state index contributed by atoms with van der Waals surface area (Å²) in [4.78, 5) is 13.2. The molecular weight excluding hydrogens is 339 g/mol. The SMILES string of the molecule is N#C[C@@H]1C(=N)Sc2c(c(=O)oc3ccccc23)[C@@H]1c1ccccc1F. The van der Waals surface area contributed by atoms with Crippen molar-refractivity contribution in [2.45, 2.75) is 10.8 Å². The lowest BCUT2D eigenvalue weighted by molar-refractivity contribution is 0.521. The molecule has 1 aliphatic heterocycles. The molecule has 6 heteroatoms. The minimum absolute atomic E-state index is 0.0963. The Morgan fingerprint density at radius 1 is 1.16 bits per heavy atom. The van der Waals surface area contributed by atoms with Crippen molar-refractivity contribution in [2.75, 3.05) is 0 Å². The van der Waals surface area contributed by atoms with E-state index in [1.807, 2.05) is 0 Å². The van der Waals surface area contributed by atoms with Gasteiger partial charge in [-0.05, 0) is 17.7 Å². The number of nitrogens with one attached hydrogen (secondary N) is 1. The Morgan fingerprint density at radius 3 is 2.64 bits per heavy atom. The first-order valence-electron chi connectivity index (χ1n) is 7.58. The largest absolute Gasteiger partial charge is 0.422 e. The second kappa shape index (κ2) is 5.87. The average Bonchev–Trinajstić information content (AvgIpc) is 2.61. The minimum atomic E-state index is -0.932. The molecular formula is C19H11FN2O2S. The highest BCUT2D eigenvalue weighted by molar-refractivity contribution is 8.14. The van der Waals surface area contributed by atoms with Crippen molar-refractivity contribution in [1.82, 2.24) is 0 Å². The summed E-state index contributed by atoms with van der Waals surface area (Å²) in [5, 5.41) is 18.6. The maximum Gasteiger partial charge on any atom is 0.341 e. The smallest absolute Gasteiger partial charge is 0.341 e. The molecule has 1 N–H and O–H groups in total. The Labute approximate surface area is 146 Å². The van der Waals surface area contributed by atoms with E-state index >= 15 is 0 Å². The van der Waals surface area contributed by atoms with Crippen LogP contribution in [0.2, 0.25) is 0 Å². The van der Waals surface area contributed by atoms with Gasteiger partial charge in [-0.15, -0.1) is 0 Å². The van der Waals surface area contributed by atoms with Gasteiger partial charge in [0.1, 0.15) is 17.3 Å². The van der Waals surface area contributed by atoms with Crippen LogP contribution in [0.4, 0.5) is 4.39 Å². The van der Waals surface area contributed by atoms with Gasteiger partial charge in [-0.1, -0.05) is 48.2 Å². The number of thioether (sulfide) groups is 1. The number of fused-ring (bicyclic) bond motifs is 3. The van der Waals surface area contributed by atoms with Gasteiger partial charge in [-0.25, -0.2) is 9.18 Å². The van der Waals surface area contributed by atoms with Crippen LogP contribution >= 0.6 is 11.8 Å². The van der Waals surface area contributed by atoms with E-state index in [1.165, 1.54) is 6.07 Å². The molecule has 0 bridgehead atoms. The van der Waals surface area contributed by atoms with Crippen molar-refractivity contribution in [2.24, 2.45) is 5.92 Å². The summed E-state index contributed by atoms with van der Waals surface area (Å²) in [5.41, 5.74) is 0.288. The molecule has 2 aromatic carbocycles. The zero-order valence-corrected chi connectivity index (χ0v) is 13.6. The molecule has 0 fully saturated rings. The zero-order chi connectivity index (χ0) is 17.6. The van der Waals surface area contributed by atoms with Crippen LogP contribution in [0.5, 0.6) is 0 Å². The molecule has 0 amide bonds. The second-order valence-electron chi connectivity index (χ2n) is 5.70. The van der Waals surface area contributed by atoms with E-state index in [-0.39, 0.29) is 16.2 Å². The summed E-state index contributed by atoms with van der Waals surface area (Å²) >= 11 is 1.07. The van der Waals surface area contributed by atoms with Crippen LogP contribution in [0.1, 0.15) is 17.0 Å². The number of nitriles is 1. The van der Waals surface area contributed by atoms with E-state index < -0.39 is 23.3 Å². The van der Waals surface area contributed by atoms with Gasteiger partial charge in [-0.3, -0.25) is 5.41 Å². The van der Waals surface area contributed by atoms with E-state index in [2.05, 4.69) is 6.07 Å². The number of hydrogen-bond acceptors (Lipinski definition) is 5. The second-order valence-corrected chi connectivity index (χ2v) is 6.75. The molecule has 122 valence electrons. The highest BCUT2D eigenvalue weighted by Gasteiger charge is 2.40. The predicted octanol–water partition coefficient (Wildman–Crippen LogP) is 4.29. The summed E-state index contributed by atoms with van der Waals surface area (Å²) in [6.45, 7) is 0. The van der Waals surface area contributed by atoms with Crippen LogP contribution in [-0.4, -0.2) is 5.04 Å². The Morgan fingerprint density at radius 2 is 1.88 bits per heavy atom. The van der Waals surface area contributed by atoms with Gasteiger partial charge in [0, 0.05) is 16.2 Å². The molecule has 1 aliphatic rings. The van der Waals surface area contributed by atoms with Crippen LogP contribution in [0, 0.1) is 28.5 Å². The van der Waals surface area contributed by atoms with Gasteiger partial charge in [0.25, 0.3) is 0 Å². The Balaban J connectivity index is 2.10. The van der Waals surface area contributed by atoms with Gasteiger partial charge in [0.05, 0.1) is 16.7 Å². The molecule has 0 saturated heterocycles.